The van der Waals surface area contributed by atoms with Gasteiger partial charge in [-0.05, 0) is 13.8 Å². The van der Waals surface area contributed by atoms with E-state index in [9.17, 15) is 0 Å². The summed E-state index contributed by atoms with van der Waals surface area (Å²) in [6, 6.07) is 0. The van der Waals surface area contributed by atoms with Gasteiger partial charge in [-0.15, -0.1) is 0 Å². The molecule has 1 rings (SSSR count). The highest BCUT2D eigenvalue weighted by molar-refractivity contribution is 4.74. The summed E-state index contributed by atoms with van der Waals surface area (Å²) in [7, 11) is 0. The van der Waals surface area contributed by atoms with Crippen LogP contribution in [0.5, 0.6) is 0 Å². The smallest absolute Gasteiger partial charge is 0.0936 e. The highest BCUT2D eigenvalue weighted by atomic mass is 16.6. The van der Waals surface area contributed by atoms with Crippen molar-refractivity contribution in [2.75, 3.05) is 52.7 Å². The lowest BCUT2D eigenvalue weighted by atomic mass is 10.4. The minimum Gasteiger partial charge on any atom is -0.380 e. The van der Waals surface area contributed by atoms with Gasteiger partial charge in [0.25, 0.3) is 0 Å². The third-order valence-electron chi connectivity index (χ3n) is 2.38. The van der Waals surface area contributed by atoms with Crippen LogP contribution in [0.4, 0.5) is 0 Å². The van der Waals surface area contributed by atoms with Gasteiger partial charge in [-0.3, -0.25) is 4.90 Å². The van der Waals surface area contributed by atoms with E-state index in [2.05, 4.69) is 4.90 Å². The highest BCUT2D eigenvalue weighted by Gasteiger charge is 2.24. The molecule has 0 aromatic heterocycles. The molecule has 1 saturated heterocycles. The number of epoxide rings is 1. The van der Waals surface area contributed by atoms with Crippen molar-refractivity contribution in [1.82, 2.24) is 4.90 Å². The first kappa shape index (κ1) is 12.9. The molecule has 0 aromatic rings. The van der Waals surface area contributed by atoms with E-state index >= 15 is 0 Å². The first-order chi connectivity index (χ1) is 7.36. The summed E-state index contributed by atoms with van der Waals surface area (Å²) >= 11 is 0. The Bertz CT molecular complexity index is 141. The van der Waals surface area contributed by atoms with Gasteiger partial charge in [0, 0.05) is 32.8 Å². The molecule has 90 valence electrons. The Labute approximate surface area is 92.5 Å². The second-order valence-corrected chi connectivity index (χ2v) is 3.65. The van der Waals surface area contributed by atoms with Gasteiger partial charge in [0.2, 0.25) is 0 Å². The summed E-state index contributed by atoms with van der Waals surface area (Å²) in [5.41, 5.74) is 0. The SMILES string of the molecule is CCOCCN(CCOCC)CC1CO1. The first-order valence-corrected chi connectivity index (χ1v) is 5.86. The van der Waals surface area contributed by atoms with Gasteiger partial charge >= 0.3 is 0 Å². The summed E-state index contributed by atoms with van der Waals surface area (Å²) in [6.45, 7) is 11.1. The molecule has 1 aliphatic heterocycles. The van der Waals surface area contributed by atoms with Crippen LogP contribution in [0.15, 0.2) is 0 Å². The second-order valence-electron chi connectivity index (χ2n) is 3.65. The fraction of sp³-hybridized carbons (Fsp3) is 1.00. The molecule has 0 spiro atoms. The molecule has 4 heteroatoms. The lowest BCUT2D eigenvalue weighted by molar-refractivity contribution is 0.0797. The quantitative estimate of drug-likeness (QED) is 0.400. The van der Waals surface area contributed by atoms with Crippen molar-refractivity contribution in [3.63, 3.8) is 0 Å². The van der Waals surface area contributed by atoms with Crippen LogP contribution >= 0.6 is 0 Å². The predicted molar refractivity (Wildman–Crippen MR) is 59.2 cm³/mol. The molecule has 0 bridgehead atoms. The van der Waals surface area contributed by atoms with Crippen LogP contribution < -0.4 is 0 Å². The third-order valence-corrected chi connectivity index (χ3v) is 2.38. The molecule has 0 radical (unpaired) electrons. The number of rotatable bonds is 10. The zero-order chi connectivity index (χ0) is 10.9. The van der Waals surface area contributed by atoms with Crippen LogP contribution in [0.2, 0.25) is 0 Å². The third kappa shape index (κ3) is 6.84. The van der Waals surface area contributed by atoms with Crippen molar-refractivity contribution in [2.24, 2.45) is 0 Å². The summed E-state index contributed by atoms with van der Waals surface area (Å²) < 4.78 is 15.9. The summed E-state index contributed by atoms with van der Waals surface area (Å²) in [6.07, 6.45) is 0.452. The molecule has 0 amide bonds. The van der Waals surface area contributed by atoms with E-state index < -0.39 is 0 Å². The molecular formula is C11H23NO3. The van der Waals surface area contributed by atoms with Crippen molar-refractivity contribution < 1.29 is 14.2 Å². The zero-order valence-electron chi connectivity index (χ0n) is 9.91. The summed E-state index contributed by atoms with van der Waals surface area (Å²) in [4.78, 5) is 2.35. The molecule has 1 aliphatic rings. The average Bonchev–Trinajstić information content (AvgIpc) is 3.02. The van der Waals surface area contributed by atoms with E-state index in [1.165, 1.54) is 0 Å². The van der Waals surface area contributed by atoms with Crippen LogP contribution in [0.25, 0.3) is 0 Å². The molecular weight excluding hydrogens is 194 g/mol. The number of nitrogens with zero attached hydrogens (tertiary/aromatic N) is 1. The Kier molecular flexibility index (Phi) is 6.92. The van der Waals surface area contributed by atoms with Gasteiger partial charge in [-0.1, -0.05) is 0 Å². The molecule has 0 saturated carbocycles. The summed E-state index contributed by atoms with van der Waals surface area (Å²) in [5, 5.41) is 0. The Hall–Kier alpha value is -0.160. The van der Waals surface area contributed by atoms with E-state index in [0.717, 1.165) is 52.7 Å². The van der Waals surface area contributed by atoms with Crippen molar-refractivity contribution in [1.29, 1.82) is 0 Å². The van der Waals surface area contributed by atoms with Crippen molar-refractivity contribution in [2.45, 2.75) is 20.0 Å². The van der Waals surface area contributed by atoms with Crippen LogP contribution in [0, 0.1) is 0 Å². The maximum atomic E-state index is 5.35. The van der Waals surface area contributed by atoms with Gasteiger partial charge in [-0.25, -0.2) is 0 Å². The lowest BCUT2D eigenvalue weighted by Gasteiger charge is -2.20. The second kappa shape index (κ2) is 8.05. The molecule has 4 nitrogen and oxygen atoms in total. The molecule has 15 heavy (non-hydrogen) atoms. The van der Waals surface area contributed by atoms with Crippen LogP contribution in [-0.4, -0.2) is 63.7 Å². The van der Waals surface area contributed by atoms with Gasteiger partial charge < -0.3 is 14.2 Å². The number of ether oxygens (including phenoxy) is 3. The van der Waals surface area contributed by atoms with Crippen molar-refractivity contribution in [3.8, 4) is 0 Å². The monoisotopic (exact) mass is 217 g/mol. The van der Waals surface area contributed by atoms with Gasteiger partial charge in [0.15, 0.2) is 0 Å². The maximum Gasteiger partial charge on any atom is 0.0936 e. The molecule has 0 aliphatic carbocycles. The predicted octanol–water partition coefficient (Wildman–Crippen LogP) is 0.760. The molecule has 0 N–H and O–H groups in total. The van der Waals surface area contributed by atoms with Gasteiger partial charge in [0.1, 0.15) is 0 Å². The van der Waals surface area contributed by atoms with E-state index in [0.29, 0.717) is 6.10 Å². The standard InChI is InChI=1S/C11H23NO3/c1-3-13-7-5-12(6-8-14-4-2)9-11-10-15-11/h11H,3-10H2,1-2H3. The molecule has 1 atom stereocenters. The van der Waals surface area contributed by atoms with E-state index in [4.69, 9.17) is 14.2 Å². The Morgan fingerprint density at radius 1 is 1.13 bits per heavy atom. The topological polar surface area (TPSA) is 34.2 Å². The first-order valence-electron chi connectivity index (χ1n) is 5.86. The molecule has 1 unspecified atom stereocenters. The average molecular weight is 217 g/mol. The van der Waals surface area contributed by atoms with E-state index in [1.807, 2.05) is 13.8 Å². The summed E-state index contributed by atoms with van der Waals surface area (Å²) in [5.74, 6) is 0. The fourth-order valence-electron chi connectivity index (χ4n) is 1.43. The van der Waals surface area contributed by atoms with Crippen molar-refractivity contribution >= 4 is 0 Å². The van der Waals surface area contributed by atoms with E-state index in [-0.39, 0.29) is 0 Å². The molecule has 1 heterocycles. The van der Waals surface area contributed by atoms with Gasteiger partial charge in [0.05, 0.1) is 25.9 Å². The van der Waals surface area contributed by atoms with E-state index in [1.54, 1.807) is 0 Å². The van der Waals surface area contributed by atoms with Crippen LogP contribution in [0.3, 0.4) is 0 Å². The van der Waals surface area contributed by atoms with Crippen molar-refractivity contribution in [3.05, 3.63) is 0 Å². The highest BCUT2D eigenvalue weighted by Crippen LogP contribution is 2.10. The Balaban J connectivity index is 2.06. The van der Waals surface area contributed by atoms with Gasteiger partial charge in [-0.2, -0.15) is 0 Å². The normalized spacial score (nSPS) is 19.8. The fourth-order valence-corrected chi connectivity index (χ4v) is 1.43. The minimum absolute atomic E-state index is 0.452. The molecule has 0 aromatic carbocycles. The van der Waals surface area contributed by atoms with Crippen LogP contribution in [0.1, 0.15) is 13.8 Å². The molecule has 1 fully saturated rings. The Morgan fingerprint density at radius 2 is 1.67 bits per heavy atom. The lowest BCUT2D eigenvalue weighted by Crippen LogP contribution is -2.34. The number of hydrogen-bond donors (Lipinski definition) is 0. The zero-order valence-corrected chi connectivity index (χ0v) is 9.91. The largest absolute Gasteiger partial charge is 0.380 e. The van der Waals surface area contributed by atoms with Crippen LogP contribution in [-0.2, 0) is 14.2 Å². The number of hydrogen-bond acceptors (Lipinski definition) is 4. The Morgan fingerprint density at radius 3 is 2.07 bits per heavy atom. The maximum absolute atomic E-state index is 5.35. The minimum atomic E-state index is 0.452.